The van der Waals surface area contributed by atoms with Gasteiger partial charge in [-0.15, -0.1) is 0 Å². The smallest absolute Gasteiger partial charge is 0.326 e. The molecule has 7 heteroatoms. The van der Waals surface area contributed by atoms with E-state index in [4.69, 9.17) is 9.84 Å². The van der Waals surface area contributed by atoms with Crippen molar-refractivity contribution in [3.05, 3.63) is 0 Å². The highest BCUT2D eigenvalue weighted by Gasteiger charge is 2.22. The summed E-state index contributed by atoms with van der Waals surface area (Å²) in [5.41, 5.74) is 0. The summed E-state index contributed by atoms with van der Waals surface area (Å²) in [5.74, 6) is -1.86. The lowest BCUT2D eigenvalue weighted by atomic mass is 10.0. The highest BCUT2D eigenvalue weighted by atomic mass is 16.5. The number of nitrogens with one attached hydrogen (secondary N) is 2. The Bertz CT molecular complexity index is 340. The van der Waals surface area contributed by atoms with Gasteiger partial charge in [-0.1, -0.05) is 20.8 Å². The van der Waals surface area contributed by atoms with Gasteiger partial charge in [0, 0.05) is 7.11 Å². The first-order valence-corrected chi connectivity index (χ1v) is 6.64. The van der Waals surface area contributed by atoms with Crippen LogP contribution in [0.3, 0.4) is 0 Å². The van der Waals surface area contributed by atoms with Crippen LogP contribution in [0.5, 0.6) is 0 Å². The van der Waals surface area contributed by atoms with E-state index in [1.165, 1.54) is 7.11 Å². The van der Waals surface area contributed by atoms with Crippen LogP contribution in [0.2, 0.25) is 0 Å². The third-order valence-electron chi connectivity index (χ3n) is 2.71. The molecule has 0 heterocycles. The van der Waals surface area contributed by atoms with Crippen molar-refractivity contribution in [2.24, 2.45) is 5.92 Å². The molecule has 0 bridgehead atoms. The normalized spacial score (nSPS) is 13.7. The summed E-state index contributed by atoms with van der Waals surface area (Å²) >= 11 is 0. The van der Waals surface area contributed by atoms with Crippen LogP contribution in [0.4, 0.5) is 0 Å². The zero-order chi connectivity index (χ0) is 15.7. The maximum atomic E-state index is 11.6. The summed E-state index contributed by atoms with van der Waals surface area (Å²) in [6.07, 6.45) is 0.230. The number of carboxylic acid groups (broad SMARTS) is 1. The molecule has 0 saturated carbocycles. The molecule has 7 nitrogen and oxygen atoms in total. The van der Waals surface area contributed by atoms with Gasteiger partial charge >= 0.3 is 5.97 Å². The van der Waals surface area contributed by atoms with Crippen LogP contribution < -0.4 is 10.6 Å². The van der Waals surface area contributed by atoms with E-state index < -0.39 is 24.0 Å². The van der Waals surface area contributed by atoms with E-state index in [2.05, 4.69) is 10.6 Å². The van der Waals surface area contributed by atoms with E-state index in [9.17, 15) is 14.4 Å². The van der Waals surface area contributed by atoms with Gasteiger partial charge < -0.3 is 20.5 Å². The largest absolute Gasteiger partial charge is 0.480 e. The van der Waals surface area contributed by atoms with Gasteiger partial charge in [-0.3, -0.25) is 9.59 Å². The van der Waals surface area contributed by atoms with Gasteiger partial charge in [0.25, 0.3) is 0 Å². The first-order chi connectivity index (χ1) is 9.31. The summed E-state index contributed by atoms with van der Waals surface area (Å²) in [5, 5.41) is 13.8. The van der Waals surface area contributed by atoms with Gasteiger partial charge in [0.05, 0.1) is 6.54 Å². The Hall–Kier alpha value is -1.63. The Morgan fingerprint density at radius 3 is 2.25 bits per heavy atom. The standard InChI is InChI=1S/C13H24N2O5/c1-5-10(20-4)12(17)14-7-11(16)15-9(13(18)19)6-8(2)3/h8-10H,5-7H2,1-4H3,(H,14,17)(H,15,16)(H,18,19)/t9-,10?/m0/s1. The fourth-order valence-corrected chi connectivity index (χ4v) is 1.68. The molecule has 2 atom stereocenters. The van der Waals surface area contributed by atoms with E-state index in [-0.39, 0.29) is 18.4 Å². The molecular weight excluding hydrogens is 264 g/mol. The maximum absolute atomic E-state index is 11.6. The zero-order valence-electron chi connectivity index (χ0n) is 12.4. The molecule has 0 fully saturated rings. The van der Waals surface area contributed by atoms with E-state index in [0.717, 1.165) is 0 Å². The minimum absolute atomic E-state index is 0.143. The Morgan fingerprint density at radius 1 is 1.25 bits per heavy atom. The summed E-state index contributed by atoms with van der Waals surface area (Å²) in [6, 6.07) is -0.941. The molecule has 0 aliphatic rings. The number of hydrogen-bond donors (Lipinski definition) is 3. The monoisotopic (exact) mass is 288 g/mol. The highest BCUT2D eigenvalue weighted by Crippen LogP contribution is 2.04. The quantitative estimate of drug-likeness (QED) is 0.560. The molecular formula is C13H24N2O5. The third kappa shape index (κ3) is 7.08. The molecule has 0 spiro atoms. The molecule has 116 valence electrons. The number of carbonyl (C=O) groups is 3. The number of aliphatic carboxylic acids is 1. The van der Waals surface area contributed by atoms with Crippen LogP contribution in [0.1, 0.15) is 33.6 Å². The average Bonchev–Trinajstić information content (AvgIpc) is 2.36. The van der Waals surface area contributed by atoms with Gasteiger partial charge in [0.15, 0.2) is 0 Å². The van der Waals surface area contributed by atoms with Crippen molar-refractivity contribution in [1.29, 1.82) is 0 Å². The van der Waals surface area contributed by atoms with E-state index in [0.29, 0.717) is 12.8 Å². The fourth-order valence-electron chi connectivity index (χ4n) is 1.68. The van der Waals surface area contributed by atoms with E-state index in [1.807, 2.05) is 13.8 Å². The molecule has 0 aromatic carbocycles. The molecule has 0 rings (SSSR count). The molecule has 0 aliphatic carbocycles. The SMILES string of the molecule is CCC(OC)C(=O)NCC(=O)N[C@@H](CC(C)C)C(=O)O. The molecule has 0 saturated heterocycles. The summed E-state index contributed by atoms with van der Waals surface area (Å²) in [7, 11) is 1.41. The maximum Gasteiger partial charge on any atom is 0.326 e. The van der Waals surface area contributed by atoms with Gasteiger partial charge in [0.2, 0.25) is 11.8 Å². The second-order valence-corrected chi connectivity index (χ2v) is 4.94. The number of carbonyl (C=O) groups excluding carboxylic acids is 2. The molecule has 20 heavy (non-hydrogen) atoms. The Morgan fingerprint density at radius 2 is 1.85 bits per heavy atom. The zero-order valence-corrected chi connectivity index (χ0v) is 12.4. The van der Waals surface area contributed by atoms with Crippen molar-refractivity contribution < 1.29 is 24.2 Å². The van der Waals surface area contributed by atoms with E-state index in [1.54, 1.807) is 6.92 Å². The molecule has 1 unspecified atom stereocenters. The van der Waals surface area contributed by atoms with Crippen molar-refractivity contribution in [3.63, 3.8) is 0 Å². The van der Waals surface area contributed by atoms with E-state index >= 15 is 0 Å². The van der Waals surface area contributed by atoms with Crippen LogP contribution >= 0.6 is 0 Å². The van der Waals surface area contributed by atoms with Crippen molar-refractivity contribution in [2.45, 2.75) is 45.8 Å². The molecule has 0 aromatic heterocycles. The summed E-state index contributed by atoms with van der Waals surface area (Å²) in [4.78, 5) is 34.2. The molecule has 0 radical (unpaired) electrons. The van der Waals surface area contributed by atoms with Gasteiger partial charge in [-0.2, -0.15) is 0 Å². The minimum Gasteiger partial charge on any atom is -0.480 e. The van der Waals surface area contributed by atoms with Gasteiger partial charge in [0.1, 0.15) is 12.1 Å². The minimum atomic E-state index is -1.08. The van der Waals surface area contributed by atoms with Crippen LogP contribution in [-0.2, 0) is 19.1 Å². The first-order valence-electron chi connectivity index (χ1n) is 6.64. The number of methoxy groups -OCH3 is 1. The lowest BCUT2D eigenvalue weighted by Gasteiger charge is -2.17. The predicted octanol–water partition coefficient (Wildman–Crippen LogP) is 0.143. The molecule has 3 N–H and O–H groups in total. The number of carboxylic acids is 1. The van der Waals surface area contributed by atoms with Crippen LogP contribution in [0.15, 0.2) is 0 Å². The number of ether oxygens (including phenoxy) is 1. The van der Waals surface area contributed by atoms with Crippen LogP contribution in [0.25, 0.3) is 0 Å². The Kier molecular flexibility index (Phi) is 8.54. The van der Waals surface area contributed by atoms with Crippen molar-refractivity contribution >= 4 is 17.8 Å². The Balaban J connectivity index is 4.27. The van der Waals surface area contributed by atoms with Crippen molar-refractivity contribution in [2.75, 3.05) is 13.7 Å². The third-order valence-corrected chi connectivity index (χ3v) is 2.71. The van der Waals surface area contributed by atoms with Crippen LogP contribution in [-0.4, -0.2) is 48.7 Å². The summed E-state index contributed by atoms with van der Waals surface area (Å²) in [6.45, 7) is 5.26. The summed E-state index contributed by atoms with van der Waals surface area (Å²) < 4.78 is 4.93. The van der Waals surface area contributed by atoms with Crippen LogP contribution in [0, 0.1) is 5.92 Å². The van der Waals surface area contributed by atoms with Crippen molar-refractivity contribution in [1.82, 2.24) is 10.6 Å². The first kappa shape index (κ1) is 18.4. The lowest BCUT2D eigenvalue weighted by molar-refractivity contribution is -0.142. The average molecular weight is 288 g/mol. The number of hydrogen-bond acceptors (Lipinski definition) is 4. The fraction of sp³-hybridized carbons (Fsp3) is 0.769. The van der Waals surface area contributed by atoms with Crippen molar-refractivity contribution in [3.8, 4) is 0 Å². The second kappa shape index (κ2) is 9.30. The molecule has 0 aromatic rings. The lowest BCUT2D eigenvalue weighted by Crippen LogP contribution is -2.47. The van der Waals surface area contributed by atoms with Gasteiger partial charge in [-0.25, -0.2) is 4.79 Å². The topological polar surface area (TPSA) is 105 Å². The number of amides is 2. The Labute approximate surface area is 119 Å². The number of rotatable bonds is 9. The second-order valence-electron chi connectivity index (χ2n) is 4.94. The molecule has 2 amide bonds. The van der Waals surface area contributed by atoms with Gasteiger partial charge in [-0.05, 0) is 18.8 Å². The molecule has 0 aliphatic heterocycles. The predicted molar refractivity (Wildman–Crippen MR) is 73.1 cm³/mol. The highest BCUT2D eigenvalue weighted by molar-refractivity contribution is 5.89.